The van der Waals surface area contributed by atoms with Gasteiger partial charge in [0.15, 0.2) is 5.82 Å². The molecule has 2 aromatic heterocycles. The van der Waals surface area contributed by atoms with Crippen molar-refractivity contribution in [2.45, 2.75) is 26.4 Å². The summed E-state index contributed by atoms with van der Waals surface area (Å²) in [6.07, 6.45) is 3.74. The van der Waals surface area contributed by atoms with Crippen LogP contribution in [0.5, 0.6) is 5.88 Å². The molecule has 7 heteroatoms. The smallest absolute Gasteiger partial charge is 0.237 e. The van der Waals surface area contributed by atoms with E-state index in [-0.39, 0.29) is 12.7 Å². The summed E-state index contributed by atoms with van der Waals surface area (Å²) in [6, 6.07) is 7.60. The van der Waals surface area contributed by atoms with Gasteiger partial charge < -0.3 is 15.2 Å². The molecule has 1 atom stereocenters. The minimum absolute atomic E-state index is 0.0646. The van der Waals surface area contributed by atoms with Crippen molar-refractivity contribution in [3.8, 4) is 5.88 Å². The normalized spacial score (nSPS) is 12.2. The molecule has 0 aliphatic heterocycles. The SMILES string of the molecule is Cc1ncc(Nc2cc3cccc(Cl)c3cn2)nc1O[C@H](C)CCO. The van der Waals surface area contributed by atoms with Gasteiger partial charge in [-0.2, -0.15) is 4.98 Å². The molecule has 6 nitrogen and oxygen atoms in total. The van der Waals surface area contributed by atoms with E-state index < -0.39 is 0 Å². The lowest BCUT2D eigenvalue weighted by Crippen LogP contribution is -2.15. The van der Waals surface area contributed by atoms with Gasteiger partial charge in [-0.15, -0.1) is 0 Å². The summed E-state index contributed by atoms with van der Waals surface area (Å²) in [4.78, 5) is 13.1. The van der Waals surface area contributed by atoms with E-state index in [4.69, 9.17) is 21.4 Å². The van der Waals surface area contributed by atoms with Crippen LogP contribution in [0.1, 0.15) is 19.0 Å². The summed E-state index contributed by atoms with van der Waals surface area (Å²) in [5.41, 5.74) is 0.689. The van der Waals surface area contributed by atoms with Gasteiger partial charge in [0.25, 0.3) is 0 Å². The third-order valence-corrected chi connectivity index (χ3v) is 4.06. The van der Waals surface area contributed by atoms with Crippen LogP contribution in [0, 0.1) is 6.92 Å². The summed E-state index contributed by atoms with van der Waals surface area (Å²) < 4.78 is 5.74. The van der Waals surface area contributed by atoms with Crippen LogP contribution in [0.25, 0.3) is 10.8 Å². The lowest BCUT2D eigenvalue weighted by molar-refractivity contribution is 0.162. The van der Waals surface area contributed by atoms with Crippen molar-refractivity contribution in [1.82, 2.24) is 15.0 Å². The highest BCUT2D eigenvalue weighted by Crippen LogP contribution is 2.26. The highest BCUT2D eigenvalue weighted by molar-refractivity contribution is 6.35. The molecule has 0 saturated carbocycles. The van der Waals surface area contributed by atoms with Crippen molar-refractivity contribution in [2.24, 2.45) is 0 Å². The number of fused-ring (bicyclic) bond motifs is 1. The number of rotatable bonds is 6. The number of aryl methyl sites for hydroxylation is 1. The lowest BCUT2D eigenvalue weighted by Gasteiger charge is -2.15. The third-order valence-electron chi connectivity index (χ3n) is 3.73. The van der Waals surface area contributed by atoms with E-state index in [9.17, 15) is 0 Å². The maximum atomic E-state index is 8.99. The molecule has 25 heavy (non-hydrogen) atoms. The Labute approximate surface area is 150 Å². The Hall–Kier alpha value is -2.44. The Bertz CT molecular complexity index is 888. The molecular weight excluding hydrogens is 340 g/mol. The van der Waals surface area contributed by atoms with Crippen molar-refractivity contribution < 1.29 is 9.84 Å². The van der Waals surface area contributed by atoms with Crippen molar-refractivity contribution >= 4 is 34.0 Å². The fraction of sp³-hybridized carbons (Fsp3) is 0.278. The molecule has 2 N–H and O–H groups in total. The Morgan fingerprint density at radius 1 is 1.24 bits per heavy atom. The molecular formula is C18H19ClN4O2. The zero-order valence-corrected chi connectivity index (χ0v) is 14.8. The van der Waals surface area contributed by atoms with Gasteiger partial charge in [-0.3, -0.25) is 4.98 Å². The molecule has 0 bridgehead atoms. The van der Waals surface area contributed by atoms with Crippen LogP contribution >= 0.6 is 11.6 Å². The Balaban J connectivity index is 1.83. The number of pyridine rings is 1. The largest absolute Gasteiger partial charge is 0.473 e. The maximum absolute atomic E-state index is 8.99. The number of ether oxygens (including phenoxy) is 1. The summed E-state index contributed by atoms with van der Waals surface area (Å²) in [6.45, 7) is 3.77. The molecule has 3 aromatic rings. The number of hydrogen-bond acceptors (Lipinski definition) is 6. The molecule has 0 amide bonds. The monoisotopic (exact) mass is 358 g/mol. The fourth-order valence-corrected chi connectivity index (χ4v) is 2.60. The quantitative estimate of drug-likeness (QED) is 0.696. The van der Waals surface area contributed by atoms with Gasteiger partial charge in [0.05, 0.1) is 18.0 Å². The van der Waals surface area contributed by atoms with Crippen LogP contribution < -0.4 is 10.1 Å². The molecule has 130 valence electrons. The van der Waals surface area contributed by atoms with Gasteiger partial charge in [-0.1, -0.05) is 23.7 Å². The number of benzene rings is 1. The second-order valence-corrected chi connectivity index (χ2v) is 6.15. The van der Waals surface area contributed by atoms with E-state index in [1.807, 2.05) is 38.1 Å². The number of aromatic nitrogens is 3. The van der Waals surface area contributed by atoms with Gasteiger partial charge in [0.1, 0.15) is 5.82 Å². The fourth-order valence-electron chi connectivity index (χ4n) is 2.37. The highest BCUT2D eigenvalue weighted by Gasteiger charge is 2.10. The van der Waals surface area contributed by atoms with Crippen LogP contribution in [-0.2, 0) is 0 Å². The second-order valence-electron chi connectivity index (χ2n) is 5.74. The van der Waals surface area contributed by atoms with Crippen LogP contribution in [0.4, 0.5) is 11.6 Å². The van der Waals surface area contributed by atoms with E-state index in [0.29, 0.717) is 34.7 Å². The zero-order valence-electron chi connectivity index (χ0n) is 14.0. The summed E-state index contributed by atoms with van der Waals surface area (Å²) >= 11 is 6.16. The third kappa shape index (κ3) is 4.15. The Morgan fingerprint density at radius 3 is 2.88 bits per heavy atom. The standard InChI is InChI=1S/C18H19ClN4O2/c1-11(6-7-24)25-18-12(2)20-10-17(23-18)22-16-8-13-4-3-5-15(19)14(13)9-21-16/h3-5,8-11,24H,6-7H2,1-2H3,(H,21,22,23)/t11-/m1/s1. The van der Waals surface area contributed by atoms with Crippen LogP contribution in [0.3, 0.4) is 0 Å². The number of hydrogen-bond donors (Lipinski definition) is 2. The molecule has 0 fully saturated rings. The number of nitrogens with zero attached hydrogens (tertiary/aromatic N) is 3. The van der Waals surface area contributed by atoms with Gasteiger partial charge in [-0.25, -0.2) is 4.98 Å². The van der Waals surface area contributed by atoms with Crippen molar-refractivity contribution in [3.05, 3.63) is 47.4 Å². The van der Waals surface area contributed by atoms with Crippen molar-refractivity contribution in [1.29, 1.82) is 0 Å². The number of aliphatic hydroxyl groups excluding tert-OH is 1. The molecule has 0 spiro atoms. The lowest BCUT2D eigenvalue weighted by atomic mass is 10.2. The van der Waals surface area contributed by atoms with E-state index in [0.717, 1.165) is 10.8 Å². The molecule has 0 saturated heterocycles. The average molecular weight is 359 g/mol. The molecule has 2 heterocycles. The minimum atomic E-state index is -0.144. The predicted molar refractivity (Wildman–Crippen MR) is 98.6 cm³/mol. The second kappa shape index (κ2) is 7.63. The van der Waals surface area contributed by atoms with Crippen molar-refractivity contribution in [3.63, 3.8) is 0 Å². The zero-order chi connectivity index (χ0) is 17.8. The number of nitrogens with one attached hydrogen (secondary N) is 1. The number of aliphatic hydroxyl groups is 1. The number of halogens is 1. The molecule has 0 unspecified atom stereocenters. The Kier molecular flexibility index (Phi) is 5.31. The van der Waals surface area contributed by atoms with Crippen LogP contribution in [-0.4, -0.2) is 32.8 Å². The van der Waals surface area contributed by atoms with Gasteiger partial charge in [0, 0.05) is 29.6 Å². The first kappa shape index (κ1) is 17.4. The average Bonchev–Trinajstić information content (AvgIpc) is 2.58. The topological polar surface area (TPSA) is 80.2 Å². The molecule has 3 rings (SSSR count). The van der Waals surface area contributed by atoms with Crippen LogP contribution in [0.2, 0.25) is 5.02 Å². The number of anilines is 2. The molecule has 0 radical (unpaired) electrons. The van der Waals surface area contributed by atoms with E-state index in [1.165, 1.54) is 0 Å². The van der Waals surface area contributed by atoms with Gasteiger partial charge in [-0.05, 0) is 31.4 Å². The first-order chi connectivity index (χ1) is 12.1. The van der Waals surface area contributed by atoms with Crippen molar-refractivity contribution in [2.75, 3.05) is 11.9 Å². The van der Waals surface area contributed by atoms with Gasteiger partial charge >= 0.3 is 0 Å². The van der Waals surface area contributed by atoms with Gasteiger partial charge in [0.2, 0.25) is 5.88 Å². The minimum Gasteiger partial charge on any atom is -0.473 e. The summed E-state index contributed by atoms with van der Waals surface area (Å²) in [5.74, 6) is 1.61. The summed E-state index contributed by atoms with van der Waals surface area (Å²) in [7, 11) is 0. The highest BCUT2D eigenvalue weighted by atomic mass is 35.5. The van der Waals surface area contributed by atoms with E-state index in [2.05, 4.69) is 20.3 Å². The summed E-state index contributed by atoms with van der Waals surface area (Å²) in [5, 5.41) is 14.7. The van der Waals surface area contributed by atoms with E-state index in [1.54, 1.807) is 12.4 Å². The maximum Gasteiger partial charge on any atom is 0.237 e. The molecule has 0 aliphatic carbocycles. The molecule has 1 aromatic carbocycles. The predicted octanol–water partition coefficient (Wildman–Crippen LogP) is 3.88. The van der Waals surface area contributed by atoms with Crippen LogP contribution in [0.15, 0.2) is 36.7 Å². The first-order valence-corrected chi connectivity index (χ1v) is 8.37. The molecule has 0 aliphatic rings. The first-order valence-electron chi connectivity index (χ1n) is 7.99. The van der Waals surface area contributed by atoms with E-state index >= 15 is 0 Å². The Morgan fingerprint density at radius 2 is 2.08 bits per heavy atom.